The predicted molar refractivity (Wildman–Crippen MR) is 270 cm³/mol. The first-order chi connectivity index (χ1) is 31.0. The minimum absolute atomic E-state index is 0.0775. The number of unbranched alkanes of at least 4 members (excludes halogenated alkanes) is 33. The molecule has 6 heteroatoms. The Morgan fingerprint density at radius 1 is 0.302 bits per heavy atom. The van der Waals surface area contributed by atoms with Crippen molar-refractivity contribution in [1.82, 2.24) is 0 Å². The lowest BCUT2D eigenvalue weighted by Gasteiger charge is -2.18. The van der Waals surface area contributed by atoms with Gasteiger partial charge in [-0.05, 0) is 89.9 Å². The fourth-order valence-electron chi connectivity index (χ4n) is 7.91. The standard InChI is InChI=1S/C57H104O6/c1-4-7-10-13-16-19-22-24-26-27-28-29-30-31-32-34-35-38-41-44-47-50-56(59)62-53-54(52-61-55(58)49-46-43-40-37-21-18-15-12-9-6-3)63-57(60)51-48-45-42-39-36-33-25-23-20-17-14-11-8-5-2/h12,15,23,25,27-28,54H,4-11,13-14,16-22,24,26,29-53H2,1-3H3/b15-12-,25-23-,28-27-. The first kappa shape index (κ1) is 60.6. The lowest BCUT2D eigenvalue weighted by atomic mass is 10.1. The van der Waals surface area contributed by atoms with Crippen LogP contribution < -0.4 is 0 Å². The summed E-state index contributed by atoms with van der Waals surface area (Å²) in [5.41, 5.74) is 0. The van der Waals surface area contributed by atoms with Crippen LogP contribution >= 0.6 is 0 Å². The topological polar surface area (TPSA) is 78.9 Å². The van der Waals surface area contributed by atoms with Crippen LogP contribution in [0.2, 0.25) is 0 Å². The molecule has 0 fully saturated rings. The molecule has 368 valence electrons. The van der Waals surface area contributed by atoms with E-state index in [4.69, 9.17) is 14.2 Å². The Hall–Kier alpha value is -2.37. The van der Waals surface area contributed by atoms with Crippen molar-refractivity contribution in [1.29, 1.82) is 0 Å². The van der Waals surface area contributed by atoms with Gasteiger partial charge in [0.05, 0.1) is 0 Å². The van der Waals surface area contributed by atoms with Crippen LogP contribution in [0.1, 0.15) is 290 Å². The molecule has 0 saturated heterocycles. The molecule has 0 amide bonds. The van der Waals surface area contributed by atoms with Gasteiger partial charge < -0.3 is 14.2 Å². The van der Waals surface area contributed by atoms with E-state index < -0.39 is 6.10 Å². The maximum atomic E-state index is 12.8. The van der Waals surface area contributed by atoms with E-state index in [0.717, 1.165) is 77.0 Å². The summed E-state index contributed by atoms with van der Waals surface area (Å²) in [7, 11) is 0. The summed E-state index contributed by atoms with van der Waals surface area (Å²) in [4.78, 5) is 38.0. The van der Waals surface area contributed by atoms with E-state index >= 15 is 0 Å². The fourth-order valence-corrected chi connectivity index (χ4v) is 7.91. The third-order valence-electron chi connectivity index (χ3n) is 12.1. The van der Waals surface area contributed by atoms with Crippen molar-refractivity contribution in [2.45, 2.75) is 297 Å². The van der Waals surface area contributed by atoms with Gasteiger partial charge in [-0.2, -0.15) is 0 Å². The maximum absolute atomic E-state index is 12.8. The Balaban J connectivity index is 4.27. The summed E-state index contributed by atoms with van der Waals surface area (Å²) in [6.45, 7) is 6.58. The zero-order valence-corrected chi connectivity index (χ0v) is 42.1. The fraction of sp³-hybridized carbons (Fsp3) is 0.842. The molecule has 0 N–H and O–H groups in total. The minimum atomic E-state index is -0.777. The number of hydrogen-bond acceptors (Lipinski definition) is 6. The molecule has 0 aliphatic heterocycles. The van der Waals surface area contributed by atoms with E-state index in [-0.39, 0.29) is 31.1 Å². The molecule has 0 bridgehead atoms. The summed E-state index contributed by atoms with van der Waals surface area (Å²) in [5, 5.41) is 0. The van der Waals surface area contributed by atoms with Gasteiger partial charge in [-0.25, -0.2) is 0 Å². The zero-order valence-electron chi connectivity index (χ0n) is 42.1. The van der Waals surface area contributed by atoms with E-state index in [1.165, 1.54) is 173 Å². The van der Waals surface area contributed by atoms with Gasteiger partial charge in [-0.1, -0.05) is 218 Å². The molecule has 0 aliphatic carbocycles. The van der Waals surface area contributed by atoms with Crippen LogP contribution in [0.3, 0.4) is 0 Å². The first-order valence-corrected chi connectivity index (χ1v) is 27.5. The molecule has 0 spiro atoms. The van der Waals surface area contributed by atoms with Crippen LogP contribution in [0.25, 0.3) is 0 Å². The lowest BCUT2D eigenvalue weighted by Crippen LogP contribution is -2.30. The summed E-state index contributed by atoms with van der Waals surface area (Å²) in [5.74, 6) is -0.889. The van der Waals surface area contributed by atoms with Crippen LogP contribution in [0.4, 0.5) is 0 Å². The average molecular weight is 885 g/mol. The molecule has 1 atom stereocenters. The number of hydrogen-bond donors (Lipinski definition) is 0. The van der Waals surface area contributed by atoms with E-state index in [0.29, 0.717) is 19.3 Å². The quantitative estimate of drug-likeness (QED) is 0.0262. The molecule has 0 heterocycles. The highest BCUT2D eigenvalue weighted by molar-refractivity contribution is 5.71. The second-order valence-corrected chi connectivity index (χ2v) is 18.5. The van der Waals surface area contributed by atoms with Crippen molar-refractivity contribution >= 4 is 17.9 Å². The van der Waals surface area contributed by atoms with Gasteiger partial charge in [0.25, 0.3) is 0 Å². The van der Waals surface area contributed by atoms with Crippen LogP contribution in [-0.4, -0.2) is 37.2 Å². The molecule has 63 heavy (non-hydrogen) atoms. The normalized spacial score (nSPS) is 12.2. The number of carbonyl (C=O) groups is 3. The summed E-state index contributed by atoms with van der Waals surface area (Å²) in [6, 6.07) is 0. The molecule has 1 unspecified atom stereocenters. The Bertz CT molecular complexity index is 1060. The highest BCUT2D eigenvalue weighted by atomic mass is 16.6. The summed E-state index contributed by atoms with van der Waals surface area (Å²) >= 11 is 0. The van der Waals surface area contributed by atoms with Gasteiger partial charge in [-0.3, -0.25) is 14.4 Å². The molecular weight excluding hydrogens is 781 g/mol. The van der Waals surface area contributed by atoms with Gasteiger partial charge in [0.1, 0.15) is 13.2 Å². The third kappa shape index (κ3) is 50.5. The van der Waals surface area contributed by atoms with Gasteiger partial charge in [0.2, 0.25) is 0 Å². The van der Waals surface area contributed by atoms with Crippen molar-refractivity contribution in [2.24, 2.45) is 0 Å². The second-order valence-electron chi connectivity index (χ2n) is 18.5. The van der Waals surface area contributed by atoms with Crippen LogP contribution in [0.5, 0.6) is 0 Å². The summed E-state index contributed by atoms with van der Waals surface area (Å²) in [6.07, 6.45) is 61.4. The second kappa shape index (κ2) is 52.3. The lowest BCUT2D eigenvalue weighted by molar-refractivity contribution is -0.167. The smallest absolute Gasteiger partial charge is 0.306 e. The van der Waals surface area contributed by atoms with Crippen LogP contribution in [0, 0.1) is 0 Å². The number of carbonyl (C=O) groups excluding carboxylic acids is 3. The Kier molecular flexibility index (Phi) is 50.3. The zero-order chi connectivity index (χ0) is 45.8. The number of allylic oxidation sites excluding steroid dienone is 6. The molecule has 6 nitrogen and oxygen atoms in total. The van der Waals surface area contributed by atoms with E-state index in [9.17, 15) is 14.4 Å². The molecule has 0 rings (SSSR count). The predicted octanol–water partition coefficient (Wildman–Crippen LogP) is 18.1. The molecule has 0 saturated carbocycles. The number of rotatable bonds is 50. The van der Waals surface area contributed by atoms with Gasteiger partial charge in [0, 0.05) is 19.3 Å². The molecular formula is C57H104O6. The Morgan fingerprint density at radius 2 is 0.556 bits per heavy atom. The Morgan fingerprint density at radius 3 is 0.857 bits per heavy atom. The van der Waals surface area contributed by atoms with Crippen molar-refractivity contribution in [3.63, 3.8) is 0 Å². The highest BCUT2D eigenvalue weighted by Crippen LogP contribution is 2.15. The van der Waals surface area contributed by atoms with E-state index in [1.807, 2.05) is 0 Å². The van der Waals surface area contributed by atoms with E-state index in [1.54, 1.807) is 0 Å². The van der Waals surface area contributed by atoms with Crippen molar-refractivity contribution in [2.75, 3.05) is 13.2 Å². The Labute approximate surface area is 391 Å². The largest absolute Gasteiger partial charge is 0.462 e. The molecule has 0 aromatic carbocycles. The highest BCUT2D eigenvalue weighted by Gasteiger charge is 2.19. The molecule has 0 aromatic heterocycles. The number of esters is 3. The SMILES string of the molecule is CCC/C=C\CCCCCCCC(=O)OCC(COC(=O)CCCCCCCCCCC/C=C\CCCCCCCCCC)OC(=O)CCCCCCC/C=C\CCCCCCC. The van der Waals surface area contributed by atoms with Gasteiger partial charge in [-0.15, -0.1) is 0 Å². The van der Waals surface area contributed by atoms with Crippen LogP contribution in [0.15, 0.2) is 36.5 Å². The van der Waals surface area contributed by atoms with E-state index in [2.05, 4.69) is 57.2 Å². The number of ether oxygens (including phenoxy) is 3. The monoisotopic (exact) mass is 885 g/mol. The maximum Gasteiger partial charge on any atom is 0.306 e. The van der Waals surface area contributed by atoms with Gasteiger partial charge >= 0.3 is 17.9 Å². The average Bonchev–Trinajstić information content (AvgIpc) is 3.28. The summed E-state index contributed by atoms with van der Waals surface area (Å²) < 4.78 is 16.8. The van der Waals surface area contributed by atoms with Crippen molar-refractivity contribution < 1.29 is 28.6 Å². The van der Waals surface area contributed by atoms with Crippen molar-refractivity contribution in [3.05, 3.63) is 36.5 Å². The molecule has 0 aliphatic rings. The first-order valence-electron chi connectivity index (χ1n) is 27.5. The molecule has 0 radical (unpaired) electrons. The third-order valence-corrected chi connectivity index (χ3v) is 12.1. The van der Waals surface area contributed by atoms with Crippen molar-refractivity contribution in [3.8, 4) is 0 Å². The minimum Gasteiger partial charge on any atom is -0.462 e. The molecule has 0 aromatic rings. The van der Waals surface area contributed by atoms with Crippen LogP contribution in [-0.2, 0) is 28.6 Å². The van der Waals surface area contributed by atoms with Gasteiger partial charge in [0.15, 0.2) is 6.10 Å².